The molecule has 0 aliphatic rings. The Morgan fingerprint density at radius 2 is 2.17 bits per heavy atom. The van der Waals surface area contributed by atoms with E-state index in [1.54, 1.807) is 17.1 Å². The summed E-state index contributed by atoms with van der Waals surface area (Å²) in [6.45, 7) is 4.26. The van der Waals surface area contributed by atoms with Crippen LogP contribution in [0.3, 0.4) is 0 Å². The first-order valence-corrected chi connectivity index (χ1v) is 8.59. The van der Waals surface area contributed by atoms with Crippen LogP contribution in [0.1, 0.15) is 48.0 Å². The van der Waals surface area contributed by atoms with E-state index in [1.165, 1.54) is 17.7 Å². The van der Waals surface area contributed by atoms with Crippen LogP contribution >= 0.6 is 11.3 Å². The number of hydrogen-bond donors (Lipinski definition) is 1. The molecule has 7 nitrogen and oxygen atoms in total. The maximum Gasteiger partial charge on any atom is 0.259 e. The van der Waals surface area contributed by atoms with E-state index in [9.17, 15) is 4.79 Å². The summed E-state index contributed by atoms with van der Waals surface area (Å²) < 4.78 is 1.56. The molecule has 2 heterocycles. The number of amides is 1. The molecule has 2 aromatic heterocycles. The van der Waals surface area contributed by atoms with Crippen LogP contribution < -0.4 is 5.32 Å². The molecule has 1 unspecified atom stereocenters. The van der Waals surface area contributed by atoms with Gasteiger partial charge in [-0.05, 0) is 18.6 Å². The van der Waals surface area contributed by atoms with E-state index in [4.69, 9.17) is 0 Å². The highest BCUT2D eigenvalue weighted by atomic mass is 32.1. The highest BCUT2D eigenvalue weighted by molar-refractivity contribution is 7.15. The van der Waals surface area contributed by atoms with Gasteiger partial charge in [0, 0.05) is 5.92 Å². The molecule has 24 heavy (non-hydrogen) atoms. The molecule has 3 rings (SSSR count). The molecule has 3 aromatic rings. The average molecular weight is 342 g/mol. The Kier molecular flexibility index (Phi) is 4.95. The molecule has 0 saturated carbocycles. The second kappa shape index (κ2) is 7.31. The third kappa shape index (κ3) is 3.48. The summed E-state index contributed by atoms with van der Waals surface area (Å²) >= 11 is 1.42. The Bertz CT molecular complexity index is 814. The van der Waals surface area contributed by atoms with E-state index in [0.717, 1.165) is 17.8 Å². The van der Waals surface area contributed by atoms with Gasteiger partial charge in [0.1, 0.15) is 17.7 Å². The van der Waals surface area contributed by atoms with Gasteiger partial charge in [0.05, 0.1) is 11.3 Å². The number of rotatable bonds is 6. The molecule has 1 aromatic carbocycles. The van der Waals surface area contributed by atoms with Gasteiger partial charge in [0.15, 0.2) is 0 Å². The number of anilines is 1. The number of para-hydroxylation sites is 1. The van der Waals surface area contributed by atoms with Gasteiger partial charge in [-0.15, -0.1) is 10.2 Å². The van der Waals surface area contributed by atoms with Crippen LogP contribution in [0.2, 0.25) is 0 Å². The number of carbonyl (C=O) groups is 1. The summed E-state index contributed by atoms with van der Waals surface area (Å²) in [5, 5.41) is 16.6. The molecule has 0 aliphatic carbocycles. The third-order valence-electron chi connectivity index (χ3n) is 3.62. The molecule has 1 atom stereocenters. The molecule has 0 aliphatic heterocycles. The first-order valence-electron chi connectivity index (χ1n) is 7.77. The van der Waals surface area contributed by atoms with Gasteiger partial charge in [0.25, 0.3) is 5.91 Å². The molecule has 0 fully saturated rings. The lowest BCUT2D eigenvalue weighted by Crippen LogP contribution is -2.15. The summed E-state index contributed by atoms with van der Waals surface area (Å²) in [6.07, 6.45) is 5.13. The van der Waals surface area contributed by atoms with Crippen LogP contribution in [0.5, 0.6) is 0 Å². The van der Waals surface area contributed by atoms with E-state index < -0.39 is 0 Å². The molecule has 1 amide bonds. The van der Waals surface area contributed by atoms with E-state index in [0.29, 0.717) is 22.3 Å². The Balaban J connectivity index is 1.79. The van der Waals surface area contributed by atoms with Gasteiger partial charge in [-0.2, -0.15) is 5.10 Å². The monoisotopic (exact) mass is 342 g/mol. The van der Waals surface area contributed by atoms with E-state index >= 15 is 0 Å². The number of benzene rings is 1. The van der Waals surface area contributed by atoms with Gasteiger partial charge in [-0.25, -0.2) is 9.67 Å². The van der Waals surface area contributed by atoms with Gasteiger partial charge >= 0.3 is 0 Å². The fourth-order valence-corrected chi connectivity index (χ4v) is 3.23. The van der Waals surface area contributed by atoms with Crippen molar-refractivity contribution in [3.8, 4) is 5.69 Å². The molecule has 0 radical (unpaired) electrons. The van der Waals surface area contributed by atoms with Crippen molar-refractivity contribution in [1.29, 1.82) is 0 Å². The lowest BCUT2D eigenvalue weighted by molar-refractivity contribution is 0.102. The molecule has 0 spiro atoms. The van der Waals surface area contributed by atoms with Crippen LogP contribution in [0.4, 0.5) is 5.13 Å². The minimum absolute atomic E-state index is 0.244. The van der Waals surface area contributed by atoms with E-state index in [-0.39, 0.29) is 5.91 Å². The highest BCUT2D eigenvalue weighted by Crippen LogP contribution is 2.26. The first-order chi connectivity index (χ1) is 11.7. The Labute approximate surface area is 143 Å². The summed E-state index contributed by atoms with van der Waals surface area (Å²) in [6, 6.07) is 7.22. The number of aromatic nitrogens is 5. The van der Waals surface area contributed by atoms with Crippen molar-refractivity contribution in [2.45, 2.75) is 32.6 Å². The molecule has 0 bridgehead atoms. The van der Waals surface area contributed by atoms with Crippen molar-refractivity contribution in [1.82, 2.24) is 25.0 Å². The normalized spacial score (nSPS) is 12.1. The fourth-order valence-electron chi connectivity index (χ4n) is 2.40. The maximum absolute atomic E-state index is 12.6. The molecule has 0 saturated heterocycles. The summed E-state index contributed by atoms with van der Waals surface area (Å²) in [7, 11) is 0. The van der Waals surface area contributed by atoms with Crippen molar-refractivity contribution < 1.29 is 4.79 Å². The first kappa shape index (κ1) is 16.3. The van der Waals surface area contributed by atoms with Crippen LogP contribution in [0, 0.1) is 0 Å². The number of nitrogens with zero attached hydrogens (tertiary/aromatic N) is 5. The lowest BCUT2D eigenvalue weighted by atomic mass is 10.1. The molecule has 1 N–H and O–H groups in total. The van der Waals surface area contributed by atoms with Gasteiger partial charge < -0.3 is 0 Å². The Hall–Kier alpha value is -2.61. The van der Waals surface area contributed by atoms with Crippen LogP contribution in [0.25, 0.3) is 5.69 Å². The number of carbonyl (C=O) groups excluding carboxylic acids is 1. The quantitative estimate of drug-likeness (QED) is 0.743. The second-order valence-electron chi connectivity index (χ2n) is 5.45. The second-order valence-corrected chi connectivity index (χ2v) is 6.46. The number of nitrogens with one attached hydrogen (secondary N) is 1. The highest BCUT2D eigenvalue weighted by Gasteiger charge is 2.16. The maximum atomic E-state index is 12.6. The predicted octanol–water partition coefficient (Wildman–Crippen LogP) is 3.27. The molecular weight excluding hydrogens is 324 g/mol. The Morgan fingerprint density at radius 3 is 2.92 bits per heavy atom. The topological polar surface area (TPSA) is 85.6 Å². The third-order valence-corrected chi connectivity index (χ3v) is 4.69. The number of hydrogen-bond acceptors (Lipinski definition) is 6. The van der Waals surface area contributed by atoms with Gasteiger partial charge in [-0.1, -0.05) is 43.7 Å². The van der Waals surface area contributed by atoms with E-state index in [1.807, 2.05) is 18.2 Å². The summed E-state index contributed by atoms with van der Waals surface area (Å²) in [5.74, 6) is 0.104. The smallest absolute Gasteiger partial charge is 0.259 e. The minimum atomic E-state index is -0.244. The molecule has 124 valence electrons. The van der Waals surface area contributed by atoms with Gasteiger partial charge in [-0.3, -0.25) is 10.1 Å². The Morgan fingerprint density at radius 1 is 1.33 bits per heavy atom. The zero-order chi connectivity index (χ0) is 16.9. The van der Waals surface area contributed by atoms with Crippen LogP contribution in [-0.4, -0.2) is 30.9 Å². The lowest BCUT2D eigenvalue weighted by Gasteiger charge is -2.08. The average Bonchev–Trinajstić information content (AvgIpc) is 3.27. The van der Waals surface area contributed by atoms with Crippen LogP contribution in [-0.2, 0) is 0 Å². The predicted molar refractivity (Wildman–Crippen MR) is 92.5 cm³/mol. The summed E-state index contributed by atoms with van der Waals surface area (Å²) in [5.41, 5.74) is 1.16. The molecule has 8 heteroatoms. The SMILES string of the molecule is CCCC(C)c1nnc(NC(=O)c2ccccc2-n2cncn2)s1. The zero-order valence-electron chi connectivity index (χ0n) is 13.5. The van der Waals surface area contributed by atoms with Crippen molar-refractivity contribution in [2.75, 3.05) is 5.32 Å². The minimum Gasteiger partial charge on any atom is -0.296 e. The van der Waals surface area contributed by atoms with Crippen molar-refractivity contribution in [3.63, 3.8) is 0 Å². The van der Waals surface area contributed by atoms with Crippen molar-refractivity contribution in [3.05, 3.63) is 47.5 Å². The van der Waals surface area contributed by atoms with Crippen molar-refractivity contribution >= 4 is 22.4 Å². The van der Waals surface area contributed by atoms with E-state index in [2.05, 4.69) is 39.4 Å². The van der Waals surface area contributed by atoms with Gasteiger partial charge in [0.2, 0.25) is 5.13 Å². The summed E-state index contributed by atoms with van der Waals surface area (Å²) in [4.78, 5) is 16.5. The van der Waals surface area contributed by atoms with Crippen LogP contribution in [0.15, 0.2) is 36.9 Å². The zero-order valence-corrected chi connectivity index (χ0v) is 14.3. The largest absolute Gasteiger partial charge is 0.296 e. The fraction of sp³-hybridized carbons (Fsp3) is 0.312. The standard InChI is InChI=1S/C16H18N6OS/c1-3-6-11(2)15-20-21-16(24-15)19-14(23)12-7-4-5-8-13(12)22-10-17-9-18-22/h4-5,7-11H,3,6H2,1-2H3,(H,19,21,23). The van der Waals surface area contributed by atoms with Crippen molar-refractivity contribution in [2.24, 2.45) is 0 Å². The molecular formula is C16H18N6OS.